The number of H-pyrrole nitrogens is 1. The van der Waals surface area contributed by atoms with Crippen molar-refractivity contribution in [1.29, 1.82) is 0 Å². The van der Waals surface area contributed by atoms with Crippen LogP contribution in [0.1, 0.15) is 22.6 Å². The Morgan fingerprint density at radius 3 is 2.91 bits per heavy atom. The number of fused-ring (bicyclic) bond motifs is 2. The van der Waals surface area contributed by atoms with Gasteiger partial charge in [-0.2, -0.15) is 0 Å². The van der Waals surface area contributed by atoms with Crippen molar-refractivity contribution in [1.82, 2.24) is 24.7 Å². The van der Waals surface area contributed by atoms with Crippen LogP contribution in [0.2, 0.25) is 0 Å². The van der Waals surface area contributed by atoms with Crippen LogP contribution in [-0.4, -0.2) is 44.9 Å². The van der Waals surface area contributed by atoms with Crippen molar-refractivity contribution >= 4 is 5.65 Å². The maximum absolute atomic E-state index is 13.2. The van der Waals surface area contributed by atoms with Crippen LogP contribution < -0.4 is 15.0 Å². The number of aromatic amines is 1. The maximum Gasteiger partial charge on any atom is 0.277 e. The Morgan fingerprint density at radius 1 is 1.27 bits per heavy atom. The molecule has 1 aliphatic heterocycles. The van der Waals surface area contributed by atoms with Crippen LogP contribution in [0.3, 0.4) is 0 Å². The minimum absolute atomic E-state index is 0.0956. The molecule has 168 valence electrons. The lowest BCUT2D eigenvalue weighted by Gasteiger charge is -2.27. The number of methoxy groups -OCH3 is 1. The second kappa shape index (κ2) is 8.48. The first-order valence-corrected chi connectivity index (χ1v) is 10.6. The second-order valence-corrected chi connectivity index (χ2v) is 7.97. The fourth-order valence-corrected chi connectivity index (χ4v) is 4.10. The van der Waals surface area contributed by atoms with E-state index in [1.54, 1.807) is 7.11 Å². The molecule has 0 saturated carbocycles. The maximum atomic E-state index is 13.2. The van der Waals surface area contributed by atoms with E-state index in [2.05, 4.69) is 21.1 Å². The zero-order valence-electron chi connectivity index (χ0n) is 18.4. The molecule has 0 amide bonds. The van der Waals surface area contributed by atoms with Gasteiger partial charge in [0.25, 0.3) is 5.56 Å². The average molecular weight is 445 g/mol. The molecule has 1 aromatic carbocycles. The summed E-state index contributed by atoms with van der Waals surface area (Å²) in [6.45, 7) is 3.99. The van der Waals surface area contributed by atoms with E-state index in [0.29, 0.717) is 59.4 Å². The normalized spacial score (nSPS) is 13.6. The van der Waals surface area contributed by atoms with Gasteiger partial charge in [-0.15, -0.1) is 6.42 Å². The molecule has 9 nitrogen and oxygen atoms in total. The van der Waals surface area contributed by atoms with Crippen LogP contribution in [0, 0.1) is 19.3 Å². The Hall–Kier alpha value is -4.03. The van der Waals surface area contributed by atoms with Gasteiger partial charge in [0.05, 0.1) is 24.1 Å². The summed E-state index contributed by atoms with van der Waals surface area (Å²) in [5, 5.41) is 7.12. The number of terminal acetylenes is 1. The van der Waals surface area contributed by atoms with Crippen molar-refractivity contribution in [2.75, 3.05) is 20.3 Å². The fourth-order valence-electron chi connectivity index (χ4n) is 4.10. The highest BCUT2D eigenvalue weighted by atomic mass is 16.5. The van der Waals surface area contributed by atoms with E-state index in [1.165, 1.54) is 4.52 Å². The molecule has 0 fully saturated rings. The molecule has 33 heavy (non-hydrogen) atoms. The minimum atomic E-state index is -0.0956. The Morgan fingerprint density at radius 2 is 2.15 bits per heavy atom. The zero-order valence-corrected chi connectivity index (χ0v) is 18.4. The van der Waals surface area contributed by atoms with Gasteiger partial charge < -0.3 is 14.0 Å². The largest absolute Gasteiger partial charge is 0.493 e. The lowest BCUT2D eigenvalue weighted by Crippen LogP contribution is -2.36. The number of hydrogen-bond donors (Lipinski definition) is 1. The zero-order chi connectivity index (χ0) is 22.9. The molecule has 0 atom stereocenters. The van der Waals surface area contributed by atoms with Gasteiger partial charge >= 0.3 is 0 Å². The molecule has 4 heterocycles. The molecule has 0 radical (unpaired) electrons. The highest BCUT2D eigenvalue weighted by Gasteiger charge is 2.23. The molecule has 0 saturated heterocycles. The van der Waals surface area contributed by atoms with Crippen molar-refractivity contribution in [2.24, 2.45) is 0 Å². The molecule has 1 N–H and O–H groups in total. The predicted octanol–water partition coefficient (Wildman–Crippen LogP) is 2.56. The Labute approximate surface area is 189 Å². The first kappa shape index (κ1) is 20.8. The third-order valence-corrected chi connectivity index (χ3v) is 5.69. The van der Waals surface area contributed by atoms with E-state index >= 15 is 0 Å². The van der Waals surface area contributed by atoms with Crippen molar-refractivity contribution in [3.63, 3.8) is 0 Å². The number of aryl methyl sites for hydroxylation is 1. The van der Waals surface area contributed by atoms with Crippen LogP contribution in [-0.2, 0) is 19.5 Å². The number of nitrogens with one attached hydrogen (secondary N) is 1. The number of nitrogens with zero attached hydrogens (tertiary/aromatic N) is 4. The number of ether oxygens (including phenoxy) is 2. The van der Waals surface area contributed by atoms with Crippen molar-refractivity contribution < 1.29 is 14.0 Å². The lowest BCUT2D eigenvalue weighted by molar-refractivity contribution is 0.241. The van der Waals surface area contributed by atoms with Crippen LogP contribution >= 0.6 is 0 Å². The Kier molecular flexibility index (Phi) is 5.36. The highest BCUT2D eigenvalue weighted by Crippen LogP contribution is 2.29. The van der Waals surface area contributed by atoms with E-state index in [1.807, 2.05) is 37.3 Å². The topological polar surface area (TPSA) is 97.9 Å². The van der Waals surface area contributed by atoms with E-state index in [0.717, 1.165) is 17.8 Å². The molecule has 0 bridgehead atoms. The average Bonchev–Trinajstić information content (AvgIpc) is 3.45. The highest BCUT2D eigenvalue weighted by molar-refractivity contribution is 5.60. The summed E-state index contributed by atoms with van der Waals surface area (Å²) >= 11 is 0. The van der Waals surface area contributed by atoms with Gasteiger partial charge in [-0.1, -0.05) is 17.1 Å². The first-order valence-electron chi connectivity index (χ1n) is 10.6. The molecule has 0 spiro atoms. The molecule has 5 rings (SSSR count). The molecule has 4 aromatic rings. The van der Waals surface area contributed by atoms with Crippen LogP contribution in [0.5, 0.6) is 11.5 Å². The SMILES string of the molecule is C#CCOc1ccc(CN2CCc3nc4cc(-c5cc(C)on5)[nH]n4c(=O)c3C2)cc1OC. The van der Waals surface area contributed by atoms with E-state index < -0.39 is 0 Å². The molecule has 1 aliphatic rings. The monoisotopic (exact) mass is 445 g/mol. The molecule has 0 aliphatic carbocycles. The molecule has 9 heteroatoms. The van der Waals surface area contributed by atoms with Crippen molar-refractivity contribution in [2.45, 2.75) is 26.4 Å². The molecular weight excluding hydrogens is 422 g/mol. The predicted molar refractivity (Wildman–Crippen MR) is 121 cm³/mol. The van der Waals surface area contributed by atoms with Crippen LogP contribution in [0.4, 0.5) is 0 Å². The quantitative estimate of drug-likeness (QED) is 0.456. The third kappa shape index (κ3) is 3.97. The second-order valence-electron chi connectivity index (χ2n) is 7.97. The van der Waals surface area contributed by atoms with Gasteiger partial charge in [0.15, 0.2) is 17.1 Å². The van der Waals surface area contributed by atoms with Gasteiger partial charge in [0.2, 0.25) is 0 Å². The Bertz CT molecular complexity index is 1430. The third-order valence-electron chi connectivity index (χ3n) is 5.69. The number of benzene rings is 1. The molecule has 0 unspecified atom stereocenters. The summed E-state index contributed by atoms with van der Waals surface area (Å²) in [6.07, 6.45) is 5.97. The standard InChI is InChI=1S/C24H23N5O4/c1-4-9-32-21-6-5-16(11-22(21)31-3)13-28-8-7-18-17(14-28)24(30)29-23(25-18)12-19(26-29)20-10-15(2)33-27-20/h1,5-6,10-12,26H,7-9,13-14H2,2-3H3. The summed E-state index contributed by atoms with van der Waals surface area (Å²) in [6, 6.07) is 9.41. The van der Waals surface area contributed by atoms with Crippen molar-refractivity contribution in [3.05, 3.63) is 63.3 Å². The summed E-state index contributed by atoms with van der Waals surface area (Å²) in [5.41, 5.74) is 4.41. The number of aromatic nitrogens is 4. The Balaban J connectivity index is 1.39. The van der Waals surface area contributed by atoms with E-state index in [4.69, 9.17) is 25.4 Å². The van der Waals surface area contributed by atoms with Gasteiger partial charge in [-0.05, 0) is 24.6 Å². The summed E-state index contributed by atoms with van der Waals surface area (Å²) in [4.78, 5) is 20.2. The van der Waals surface area contributed by atoms with Crippen LogP contribution in [0.25, 0.3) is 17.0 Å². The summed E-state index contributed by atoms with van der Waals surface area (Å²) < 4.78 is 17.6. The van der Waals surface area contributed by atoms with Crippen LogP contribution in [0.15, 0.2) is 39.6 Å². The summed E-state index contributed by atoms with van der Waals surface area (Å²) in [7, 11) is 1.60. The van der Waals surface area contributed by atoms with E-state index in [9.17, 15) is 4.79 Å². The number of hydrogen-bond acceptors (Lipinski definition) is 7. The lowest BCUT2D eigenvalue weighted by atomic mass is 10.1. The first-order chi connectivity index (χ1) is 16.1. The fraction of sp³-hybridized carbons (Fsp3) is 0.292. The van der Waals surface area contributed by atoms with Gasteiger partial charge in [0, 0.05) is 38.2 Å². The molecular formula is C24H23N5O4. The molecule has 3 aromatic heterocycles. The minimum Gasteiger partial charge on any atom is -0.493 e. The van der Waals surface area contributed by atoms with Gasteiger partial charge in [-0.3, -0.25) is 14.8 Å². The van der Waals surface area contributed by atoms with Gasteiger partial charge in [-0.25, -0.2) is 9.50 Å². The van der Waals surface area contributed by atoms with Gasteiger partial charge in [0.1, 0.15) is 18.1 Å². The number of rotatable bonds is 6. The summed E-state index contributed by atoms with van der Waals surface area (Å²) in [5.74, 6) is 4.39. The van der Waals surface area contributed by atoms with Crippen molar-refractivity contribution in [3.8, 4) is 35.2 Å². The smallest absolute Gasteiger partial charge is 0.277 e. The van der Waals surface area contributed by atoms with E-state index in [-0.39, 0.29) is 12.2 Å².